The third-order valence-corrected chi connectivity index (χ3v) is 6.69. The quantitative estimate of drug-likeness (QED) is 0.379. The summed E-state index contributed by atoms with van der Waals surface area (Å²) in [5.74, 6) is 5.52. The number of pyridine rings is 1. The number of aromatic nitrogens is 2. The fourth-order valence-electron chi connectivity index (χ4n) is 4.54. The Bertz CT molecular complexity index is 1350. The van der Waals surface area contributed by atoms with Crippen molar-refractivity contribution in [2.24, 2.45) is 0 Å². The summed E-state index contributed by atoms with van der Waals surface area (Å²) in [5, 5.41) is 10.1. The number of amides is 1. The number of ether oxygens (including phenoxy) is 2. The molecule has 4 heterocycles. The van der Waals surface area contributed by atoms with Gasteiger partial charge in [0.2, 0.25) is 0 Å². The Morgan fingerprint density at radius 2 is 1.90 bits per heavy atom. The van der Waals surface area contributed by atoms with E-state index in [1.807, 2.05) is 12.1 Å². The summed E-state index contributed by atoms with van der Waals surface area (Å²) in [7, 11) is 0. The van der Waals surface area contributed by atoms with Crippen molar-refractivity contribution in [3.63, 3.8) is 0 Å². The van der Waals surface area contributed by atoms with E-state index in [2.05, 4.69) is 32.8 Å². The van der Waals surface area contributed by atoms with Crippen LogP contribution in [0.3, 0.4) is 0 Å². The zero-order valence-electron chi connectivity index (χ0n) is 21.3. The van der Waals surface area contributed by atoms with Gasteiger partial charge in [-0.15, -0.1) is 0 Å². The first-order chi connectivity index (χ1) is 18.8. The van der Waals surface area contributed by atoms with Crippen molar-refractivity contribution in [2.45, 2.75) is 44.2 Å². The molecule has 0 radical (unpaired) electrons. The molecular formula is C28H30F3N5O3. The number of alkyl halides is 3. The van der Waals surface area contributed by atoms with Gasteiger partial charge in [-0.3, -0.25) is 4.79 Å². The highest BCUT2D eigenvalue weighted by atomic mass is 19.4. The van der Waals surface area contributed by atoms with Crippen LogP contribution in [0.1, 0.15) is 34.6 Å². The number of fused-ring (bicyclic) bond motifs is 1. The molecule has 0 aliphatic carbocycles. The molecule has 2 saturated heterocycles. The van der Waals surface area contributed by atoms with E-state index in [-0.39, 0.29) is 24.2 Å². The van der Waals surface area contributed by atoms with Crippen LogP contribution in [0.15, 0.2) is 42.6 Å². The van der Waals surface area contributed by atoms with Crippen LogP contribution < -0.4 is 16.0 Å². The highest BCUT2D eigenvalue weighted by molar-refractivity contribution is 5.92. The smallest absolute Gasteiger partial charge is 0.381 e. The Labute approximate surface area is 224 Å². The topological polar surface area (TPSA) is 89.4 Å². The monoisotopic (exact) mass is 541 g/mol. The lowest BCUT2D eigenvalue weighted by atomic mass is 10.1. The van der Waals surface area contributed by atoms with Gasteiger partial charge in [-0.2, -0.15) is 13.2 Å². The fraction of sp³-hybridized carbons (Fsp3) is 0.429. The van der Waals surface area contributed by atoms with Crippen molar-refractivity contribution in [3.05, 3.63) is 59.5 Å². The number of nitrogens with one attached hydrogen (secondary N) is 3. The lowest BCUT2D eigenvalue weighted by molar-refractivity contribution is -0.140. The number of halogens is 3. The third-order valence-electron chi connectivity index (χ3n) is 6.69. The Hall–Kier alpha value is -3.59. The van der Waals surface area contributed by atoms with E-state index in [4.69, 9.17) is 9.47 Å². The molecule has 0 bridgehead atoms. The summed E-state index contributed by atoms with van der Waals surface area (Å²) in [6.45, 7) is 2.20. The zero-order valence-corrected chi connectivity index (χ0v) is 21.3. The molecular weight excluding hydrogens is 511 g/mol. The second-order valence-electron chi connectivity index (χ2n) is 9.69. The second kappa shape index (κ2) is 12.1. The summed E-state index contributed by atoms with van der Waals surface area (Å²) in [6.07, 6.45) is -0.965. The van der Waals surface area contributed by atoms with Crippen LogP contribution in [-0.4, -0.2) is 66.7 Å². The Morgan fingerprint density at radius 1 is 1.08 bits per heavy atom. The molecule has 2 fully saturated rings. The van der Waals surface area contributed by atoms with E-state index in [1.54, 1.807) is 24.3 Å². The van der Waals surface area contributed by atoms with Crippen molar-refractivity contribution in [1.29, 1.82) is 0 Å². The first kappa shape index (κ1) is 27.0. The Morgan fingerprint density at radius 3 is 2.59 bits per heavy atom. The van der Waals surface area contributed by atoms with Gasteiger partial charge in [0.05, 0.1) is 43.4 Å². The van der Waals surface area contributed by atoms with Crippen molar-refractivity contribution in [2.75, 3.05) is 38.3 Å². The standard InChI is InChI=1S/C28H30F3N5O3/c29-28(30,31)18-36-24(13-20-12-19(3-6-26(20)36)14-33-21-7-10-38-11-8-21)2-1-9-32-22-4-5-25(34-15-22)27(37)35-23-16-39-17-23/h3-6,12-13,15,21,23,32-33H,7-11,14,16-18H2,(H,35,37). The first-order valence-corrected chi connectivity index (χ1v) is 12.9. The van der Waals surface area contributed by atoms with Crippen LogP contribution in [0.5, 0.6) is 0 Å². The summed E-state index contributed by atoms with van der Waals surface area (Å²) in [6, 6.07) is 10.9. The van der Waals surface area contributed by atoms with Gasteiger partial charge in [-0.1, -0.05) is 12.0 Å². The van der Waals surface area contributed by atoms with Crippen LogP contribution in [0.2, 0.25) is 0 Å². The van der Waals surface area contributed by atoms with Crippen LogP contribution in [-0.2, 0) is 22.6 Å². The number of anilines is 1. The molecule has 3 N–H and O–H groups in total. The SMILES string of the molecule is O=C(NC1COC1)c1ccc(NCC#Cc2cc3cc(CNC4CCOCC4)ccc3n2CC(F)(F)F)cn1. The Kier molecular flexibility index (Phi) is 8.35. The van der Waals surface area contributed by atoms with Gasteiger partial charge in [0.1, 0.15) is 12.2 Å². The number of nitrogens with zero attached hydrogens (tertiary/aromatic N) is 2. The second-order valence-corrected chi connectivity index (χ2v) is 9.69. The summed E-state index contributed by atoms with van der Waals surface area (Å²) < 4.78 is 51.8. The van der Waals surface area contributed by atoms with Gasteiger partial charge >= 0.3 is 6.18 Å². The van der Waals surface area contributed by atoms with Crippen LogP contribution in [0.4, 0.5) is 18.9 Å². The molecule has 0 spiro atoms. The predicted octanol–water partition coefficient (Wildman–Crippen LogP) is 3.46. The maximum atomic E-state index is 13.4. The minimum absolute atomic E-state index is 0.0145. The van der Waals surface area contributed by atoms with E-state index in [1.165, 1.54) is 10.8 Å². The van der Waals surface area contributed by atoms with Gasteiger partial charge in [-0.25, -0.2) is 4.98 Å². The number of hydrogen-bond acceptors (Lipinski definition) is 6. The van der Waals surface area contributed by atoms with E-state index < -0.39 is 12.7 Å². The van der Waals surface area contributed by atoms with E-state index in [0.717, 1.165) is 31.6 Å². The molecule has 39 heavy (non-hydrogen) atoms. The van der Waals surface area contributed by atoms with Gasteiger partial charge in [-0.05, 0) is 54.7 Å². The summed E-state index contributed by atoms with van der Waals surface area (Å²) in [5.41, 5.74) is 2.72. The first-order valence-electron chi connectivity index (χ1n) is 12.9. The highest BCUT2D eigenvalue weighted by Crippen LogP contribution is 2.26. The average molecular weight is 542 g/mol. The van der Waals surface area contributed by atoms with Crippen LogP contribution in [0, 0.1) is 11.8 Å². The zero-order chi connectivity index (χ0) is 27.2. The van der Waals surface area contributed by atoms with Gasteiger partial charge < -0.3 is 30.0 Å². The molecule has 2 aliphatic heterocycles. The molecule has 0 unspecified atom stereocenters. The van der Waals surface area contributed by atoms with Crippen molar-refractivity contribution in [3.8, 4) is 11.8 Å². The molecule has 5 rings (SSSR count). The number of benzene rings is 1. The molecule has 8 nitrogen and oxygen atoms in total. The minimum Gasteiger partial charge on any atom is -0.381 e. The van der Waals surface area contributed by atoms with Gasteiger partial charge in [0.25, 0.3) is 5.91 Å². The minimum atomic E-state index is -4.38. The van der Waals surface area contributed by atoms with Gasteiger partial charge in [0.15, 0.2) is 0 Å². The molecule has 206 valence electrons. The predicted molar refractivity (Wildman–Crippen MR) is 140 cm³/mol. The normalized spacial score (nSPS) is 16.4. The molecule has 3 aromatic rings. The molecule has 0 atom stereocenters. The lowest BCUT2D eigenvalue weighted by Crippen LogP contribution is -2.48. The number of carbonyl (C=O) groups excluding carboxylic acids is 1. The van der Waals surface area contributed by atoms with Crippen LogP contribution >= 0.6 is 0 Å². The average Bonchev–Trinajstić information content (AvgIpc) is 3.23. The van der Waals surface area contributed by atoms with E-state index >= 15 is 0 Å². The largest absolute Gasteiger partial charge is 0.406 e. The van der Waals surface area contributed by atoms with Gasteiger partial charge in [0, 0.05) is 36.7 Å². The Balaban J connectivity index is 1.24. The van der Waals surface area contributed by atoms with Crippen molar-refractivity contribution in [1.82, 2.24) is 20.2 Å². The molecule has 2 aliphatic rings. The van der Waals surface area contributed by atoms with Crippen molar-refractivity contribution >= 4 is 22.5 Å². The number of rotatable bonds is 8. The van der Waals surface area contributed by atoms with Crippen molar-refractivity contribution < 1.29 is 27.4 Å². The maximum absolute atomic E-state index is 13.4. The molecule has 2 aromatic heterocycles. The summed E-state index contributed by atoms with van der Waals surface area (Å²) in [4.78, 5) is 16.3. The number of carbonyl (C=O) groups is 1. The molecule has 0 saturated carbocycles. The van der Waals surface area contributed by atoms with E-state index in [0.29, 0.717) is 48.1 Å². The van der Waals surface area contributed by atoms with E-state index in [9.17, 15) is 18.0 Å². The fourth-order valence-corrected chi connectivity index (χ4v) is 4.54. The lowest BCUT2D eigenvalue weighted by Gasteiger charge is -2.26. The third kappa shape index (κ3) is 7.29. The van der Waals surface area contributed by atoms with Crippen LogP contribution in [0.25, 0.3) is 10.9 Å². The molecule has 1 aromatic carbocycles. The highest BCUT2D eigenvalue weighted by Gasteiger charge is 2.29. The molecule has 11 heteroatoms. The summed E-state index contributed by atoms with van der Waals surface area (Å²) >= 11 is 0. The number of hydrogen-bond donors (Lipinski definition) is 3. The maximum Gasteiger partial charge on any atom is 0.406 e. The molecule has 1 amide bonds.